The molecule has 31 heavy (non-hydrogen) atoms. The number of allylic oxidation sites excluding steroid dienone is 1. The van der Waals surface area contributed by atoms with Gasteiger partial charge in [0.15, 0.2) is 0 Å². The Kier molecular flexibility index (Phi) is 5.98. The molecule has 3 aromatic rings. The van der Waals surface area contributed by atoms with E-state index in [9.17, 15) is 9.59 Å². The minimum Gasteiger partial charge on any atom is -0.457 e. The first-order valence-corrected chi connectivity index (χ1v) is 9.92. The average molecular weight is 414 g/mol. The molecule has 1 atom stereocenters. The van der Waals surface area contributed by atoms with Gasteiger partial charge in [-0.25, -0.2) is 9.59 Å². The Bertz CT molecular complexity index is 1110. The van der Waals surface area contributed by atoms with Crippen LogP contribution in [0, 0.1) is 0 Å². The summed E-state index contributed by atoms with van der Waals surface area (Å²) < 4.78 is 11.4. The van der Waals surface area contributed by atoms with E-state index in [1.165, 1.54) is 0 Å². The monoisotopic (exact) mass is 414 g/mol. The molecule has 0 bridgehead atoms. The molecule has 6 nitrogen and oxygen atoms in total. The van der Waals surface area contributed by atoms with Crippen LogP contribution in [0.3, 0.4) is 0 Å². The summed E-state index contributed by atoms with van der Waals surface area (Å²) in [6, 6.07) is 25.1. The SMILES string of the molecule is CC1=C(C(=O)OCc2ccccc2)[C@H](c2cccc(Oc3ccccc3)c2)NC(=O)N1. The zero-order valence-electron chi connectivity index (χ0n) is 17.0. The summed E-state index contributed by atoms with van der Waals surface area (Å²) in [5.74, 6) is 0.808. The van der Waals surface area contributed by atoms with Gasteiger partial charge in [-0.1, -0.05) is 60.7 Å². The molecule has 4 rings (SSSR count). The van der Waals surface area contributed by atoms with E-state index < -0.39 is 12.0 Å². The van der Waals surface area contributed by atoms with E-state index in [0.717, 1.165) is 5.56 Å². The fourth-order valence-corrected chi connectivity index (χ4v) is 3.40. The minimum absolute atomic E-state index is 0.147. The number of hydrogen-bond donors (Lipinski definition) is 2. The van der Waals surface area contributed by atoms with Gasteiger partial charge in [-0.05, 0) is 42.3 Å². The Labute approximate surface area is 180 Å². The van der Waals surface area contributed by atoms with Gasteiger partial charge >= 0.3 is 12.0 Å². The maximum Gasteiger partial charge on any atom is 0.338 e. The summed E-state index contributed by atoms with van der Waals surface area (Å²) in [5, 5.41) is 5.48. The number of nitrogens with one attached hydrogen (secondary N) is 2. The van der Waals surface area contributed by atoms with Gasteiger partial charge in [0.05, 0.1) is 11.6 Å². The van der Waals surface area contributed by atoms with E-state index in [-0.39, 0.29) is 12.6 Å². The molecular weight excluding hydrogens is 392 g/mol. The van der Waals surface area contributed by atoms with Gasteiger partial charge in [-0.2, -0.15) is 0 Å². The van der Waals surface area contributed by atoms with Crippen molar-refractivity contribution in [2.24, 2.45) is 0 Å². The maximum absolute atomic E-state index is 12.9. The number of rotatable bonds is 6. The van der Waals surface area contributed by atoms with Crippen LogP contribution in [-0.4, -0.2) is 12.0 Å². The number of para-hydroxylation sites is 1. The molecule has 0 aliphatic carbocycles. The topological polar surface area (TPSA) is 76.7 Å². The lowest BCUT2D eigenvalue weighted by molar-refractivity contribution is -0.140. The van der Waals surface area contributed by atoms with Crippen LogP contribution in [0.4, 0.5) is 4.79 Å². The Morgan fingerprint density at radius 3 is 2.32 bits per heavy atom. The summed E-state index contributed by atoms with van der Waals surface area (Å²) in [7, 11) is 0. The second kappa shape index (κ2) is 9.17. The van der Waals surface area contributed by atoms with E-state index in [1.807, 2.05) is 78.9 Å². The van der Waals surface area contributed by atoms with Crippen LogP contribution in [0.15, 0.2) is 96.2 Å². The molecule has 2 amide bonds. The molecule has 6 heteroatoms. The maximum atomic E-state index is 12.9. The van der Waals surface area contributed by atoms with Crippen molar-refractivity contribution in [2.45, 2.75) is 19.6 Å². The lowest BCUT2D eigenvalue weighted by atomic mass is 9.95. The molecule has 0 aromatic heterocycles. The number of urea groups is 1. The van der Waals surface area contributed by atoms with Crippen LogP contribution >= 0.6 is 0 Å². The van der Waals surface area contributed by atoms with Gasteiger partial charge in [-0.15, -0.1) is 0 Å². The zero-order valence-corrected chi connectivity index (χ0v) is 17.0. The summed E-state index contributed by atoms with van der Waals surface area (Å²) in [6.07, 6.45) is 0. The molecule has 1 aliphatic heterocycles. The van der Waals surface area contributed by atoms with E-state index in [4.69, 9.17) is 9.47 Å². The van der Waals surface area contributed by atoms with Crippen molar-refractivity contribution >= 4 is 12.0 Å². The highest BCUT2D eigenvalue weighted by Crippen LogP contribution is 2.31. The lowest BCUT2D eigenvalue weighted by Gasteiger charge is -2.28. The number of carbonyl (C=O) groups is 2. The molecule has 0 radical (unpaired) electrons. The second-order valence-corrected chi connectivity index (χ2v) is 7.12. The van der Waals surface area contributed by atoms with Crippen molar-refractivity contribution < 1.29 is 19.1 Å². The number of hydrogen-bond acceptors (Lipinski definition) is 4. The van der Waals surface area contributed by atoms with Crippen LogP contribution in [-0.2, 0) is 16.1 Å². The first-order chi connectivity index (χ1) is 15.1. The molecule has 156 valence electrons. The summed E-state index contributed by atoms with van der Waals surface area (Å²) in [4.78, 5) is 25.1. The van der Waals surface area contributed by atoms with E-state index in [1.54, 1.807) is 13.0 Å². The normalized spacial score (nSPS) is 15.6. The number of carbonyl (C=O) groups excluding carboxylic acids is 2. The van der Waals surface area contributed by atoms with Crippen LogP contribution in [0.5, 0.6) is 11.5 Å². The average Bonchev–Trinajstić information content (AvgIpc) is 2.78. The molecule has 1 aliphatic rings. The van der Waals surface area contributed by atoms with Gasteiger partial charge in [-0.3, -0.25) is 0 Å². The van der Waals surface area contributed by atoms with Crippen molar-refractivity contribution in [1.82, 2.24) is 10.6 Å². The first kappa shape index (κ1) is 20.2. The summed E-state index contributed by atoms with van der Waals surface area (Å²) in [5.41, 5.74) is 2.42. The first-order valence-electron chi connectivity index (χ1n) is 9.92. The molecule has 0 spiro atoms. The van der Waals surface area contributed by atoms with E-state index in [2.05, 4.69) is 10.6 Å². The Hall–Kier alpha value is -4.06. The van der Waals surface area contributed by atoms with Crippen molar-refractivity contribution in [3.8, 4) is 11.5 Å². The third-order valence-electron chi connectivity index (χ3n) is 4.87. The largest absolute Gasteiger partial charge is 0.457 e. The number of benzene rings is 3. The third kappa shape index (κ3) is 4.93. The molecule has 2 N–H and O–H groups in total. The van der Waals surface area contributed by atoms with Crippen LogP contribution in [0.1, 0.15) is 24.1 Å². The molecule has 0 saturated heterocycles. The fraction of sp³-hybridized carbons (Fsp3) is 0.120. The second-order valence-electron chi connectivity index (χ2n) is 7.12. The zero-order chi connectivity index (χ0) is 21.6. The smallest absolute Gasteiger partial charge is 0.338 e. The van der Waals surface area contributed by atoms with Crippen LogP contribution < -0.4 is 15.4 Å². The van der Waals surface area contributed by atoms with Gasteiger partial charge < -0.3 is 20.1 Å². The number of esters is 1. The van der Waals surface area contributed by atoms with E-state index >= 15 is 0 Å². The van der Waals surface area contributed by atoms with Crippen LogP contribution in [0.25, 0.3) is 0 Å². The molecule has 0 unspecified atom stereocenters. The van der Waals surface area contributed by atoms with E-state index in [0.29, 0.717) is 28.3 Å². The Morgan fingerprint density at radius 2 is 1.58 bits per heavy atom. The van der Waals surface area contributed by atoms with Crippen molar-refractivity contribution in [3.63, 3.8) is 0 Å². The Morgan fingerprint density at radius 1 is 0.903 bits per heavy atom. The quantitative estimate of drug-likeness (QED) is 0.566. The summed E-state index contributed by atoms with van der Waals surface area (Å²) >= 11 is 0. The van der Waals surface area contributed by atoms with Crippen molar-refractivity contribution in [3.05, 3.63) is 107 Å². The highest BCUT2D eigenvalue weighted by Gasteiger charge is 2.32. The molecule has 0 fully saturated rings. The van der Waals surface area contributed by atoms with Gasteiger partial charge in [0.25, 0.3) is 0 Å². The fourth-order valence-electron chi connectivity index (χ4n) is 3.40. The third-order valence-corrected chi connectivity index (χ3v) is 4.87. The van der Waals surface area contributed by atoms with Crippen LogP contribution in [0.2, 0.25) is 0 Å². The minimum atomic E-state index is -0.656. The highest BCUT2D eigenvalue weighted by molar-refractivity contribution is 5.95. The van der Waals surface area contributed by atoms with Gasteiger partial charge in [0.1, 0.15) is 18.1 Å². The lowest BCUT2D eigenvalue weighted by Crippen LogP contribution is -2.45. The number of ether oxygens (including phenoxy) is 2. The van der Waals surface area contributed by atoms with Gasteiger partial charge in [0, 0.05) is 5.70 Å². The highest BCUT2D eigenvalue weighted by atomic mass is 16.5. The molecule has 1 heterocycles. The summed E-state index contributed by atoms with van der Waals surface area (Å²) in [6.45, 7) is 1.84. The standard InChI is InChI=1S/C25H22N2O4/c1-17-22(24(28)30-16-18-9-4-2-5-10-18)23(27-25(29)26-17)19-11-8-14-21(15-19)31-20-12-6-3-7-13-20/h2-15,23H,16H2,1H3,(H2,26,27,29)/t23-/m0/s1. The van der Waals surface area contributed by atoms with Gasteiger partial charge in [0.2, 0.25) is 0 Å². The van der Waals surface area contributed by atoms with Crippen molar-refractivity contribution in [2.75, 3.05) is 0 Å². The number of amides is 2. The Balaban J connectivity index is 1.58. The predicted octanol–water partition coefficient (Wildman–Crippen LogP) is 4.85. The predicted molar refractivity (Wildman–Crippen MR) is 116 cm³/mol. The van der Waals surface area contributed by atoms with Crippen molar-refractivity contribution in [1.29, 1.82) is 0 Å². The molecular formula is C25H22N2O4. The molecule has 3 aromatic carbocycles. The molecule has 0 saturated carbocycles.